The van der Waals surface area contributed by atoms with E-state index < -0.39 is 0 Å². The second-order valence-electron chi connectivity index (χ2n) is 5.07. The fraction of sp³-hybridized carbons (Fsp3) is 0.714. The molecule has 1 heterocycles. The molecular formula is C14H24N4O. The van der Waals surface area contributed by atoms with Crippen molar-refractivity contribution >= 4 is 11.6 Å². The number of hydrogen-bond acceptors (Lipinski definition) is 5. The molecule has 2 rings (SSSR count). The Balaban J connectivity index is 1.83. The first-order chi connectivity index (χ1) is 9.20. The normalized spacial score (nSPS) is 14.5. The van der Waals surface area contributed by atoms with Crippen LogP contribution in [0.3, 0.4) is 0 Å². The van der Waals surface area contributed by atoms with E-state index in [1.807, 2.05) is 13.8 Å². The van der Waals surface area contributed by atoms with Crippen LogP contribution in [0.25, 0.3) is 0 Å². The van der Waals surface area contributed by atoms with Gasteiger partial charge in [-0.2, -0.15) is 0 Å². The van der Waals surface area contributed by atoms with Crippen LogP contribution in [0.1, 0.15) is 31.2 Å². The minimum atomic E-state index is 0.732. The van der Waals surface area contributed by atoms with Crippen LogP contribution in [0.2, 0.25) is 0 Å². The maximum absolute atomic E-state index is 5.61. The van der Waals surface area contributed by atoms with E-state index in [-0.39, 0.29) is 0 Å². The molecule has 0 atom stereocenters. The Morgan fingerprint density at radius 1 is 1.16 bits per heavy atom. The summed E-state index contributed by atoms with van der Waals surface area (Å²) in [5.41, 5.74) is 1.06. The van der Waals surface area contributed by atoms with Crippen LogP contribution in [-0.4, -0.2) is 36.3 Å². The van der Waals surface area contributed by atoms with E-state index in [0.717, 1.165) is 55.2 Å². The molecule has 1 aromatic heterocycles. The minimum Gasteiger partial charge on any atom is -0.379 e. The van der Waals surface area contributed by atoms with Crippen molar-refractivity contribution in [1.82, 2.24) is 9.97 Å². The first kappa shape index (κ1) is 14.1. The average molecular weight is 264 g/mol. The first-order valence-electron chi connectivity index (χ1n) is 7.11. The molecule has 0 spiro atoms. The largest absolute Gasteiger partial charge is 0.379 e. The van der Waals surface area contributed by atoms with Gasteiger partial charge in [0.15, 0.2) is 0 Å². The third-order valence-corrected chi connectivity index (χ3v) is 3.19. The van der Waals surface area contributed by atoms with Gasteiger partial charge in [-0.15, -0.1) is 0 Å². The highest BCUT2D eigenvalue weighted by atomic mass is 16.5. The van der Waals surface area contributed by atoms with Gasteiger partial charge in [-0.25, -0.2) is 9.97 Å². The van der Waals surface area contributed by atoms with Crippen molar-refractivity contribution in [2.24, 2.45) is 5.92 Å². The molecular weight excluding hydrogens is 240 g/mol. The van der Waals surface area contributed by atoms with Crippen molar-refractivity contribution in [3.63, 3.8) is 0 Å². The van der Waals surface area contributed by atoms with Crippen LogP contribution in [0.4, 0.5) is 11.6 Å². The molecule has 106 valence electrons. The molecule has 1 aliphatic rings. The summed E-state index contributed by atoms with van der Waals surface area (Å²) >= 11 is 0. The van der Waals surface area contributed by atoms with E-state index in [0.29, 0.717) is 0 Å². The molecule has 5 nitrogen and oxygen atoms in total. The Kier molecular flexibility index (Phi) is 4.96. The molecule has 1 saturated carbocycles. The van der Waals surface area contributed by atoms with Crippen LogP contribution in [0, 0.1) is 19.8 Å². The summed E-state index contributed by atoms with van der Waals surface area (Å²) in [7, 11) is 0. The van der Waals surface area contributed by atoms with E-state index in [1.54, 1.807) is 0 Å². The van der Waals surface area contributed by atoms with E-state index in [1.165, 1.54) is 12.8 Å². The van der Waals surface area contributed by atoms with Crippen molar-refractivity contribution in [3.8, 4) is 0 Å². The van der Waals surface area contributed by atoms with Gasteiger partial charge in [0.25, 0.3) is 0 Å². The van der Waals surface area contributed by atoms with Gasteiger partial charge in [-0.05, 0) is 39.5 Å². The lowest BCUT2D eigenvalue weighted by atomic mass is 10.3. The first-order valence-corrected chi connectivity index (χ1v) is 7.11. The van der Waals surface area contributed by atoms with Crippen LogP contribution in [0.5, 0.6) is 0 Å². The number of nitrogens with zero attached hydrogens (tertiary/aromatic N) is 2. The molecule has 0 saturated heterocycles. The molecule has 0 amide bonds. The van der Waals surface area contributed by atoms with Crippen LogP contribution >= 0.6 is 0 Å². The highest BCUT2D eigenvalue weighted by Gasteiger charge is 2.20. The van der Waals surface area contributed by atoms with Crippen LogP contribution in [0.15, 0.2) is 0 Å². The zero-order valence-electron chi connectivity index (χ0n) is 12.1. The van der Waals surface area contributed by atoms with Gasteiger partial charge >= 0.3 is 0 Å². The Labute approximate surface area is 115 Å². The molecule has 1 aromatic rings. The van der Waals surface area contributed by atoms with Gasteiger partial charge in [-0.1, -0.05) is 0 Å². The van der Waals surface area contributed by atoms with Gasteiger partial charge < -0.3 is 15.4 Å². The smallest absolute Gasteiger partial charge is 0.134 e. The molecule has 5 heteroatoms. The number of ether oxygens (including phenoxy) is 1. The van der Waals surface area contributed by atoms with E-state index in [4.69, 9.17) is 4.74 Å². The van der Waals surface area contributed by atoms with Crippen molar-refractivity contribution < 1.29 is 4.74 Å². The second-order valence-corrected chi connectivity index (χ2v) is 5.07. The summed E-state index contributed by atoms with van der Waals surface area (Å²) < 4.78 is 5.61. The van der Waals surface area contributed by atoms with Crippen molar-refractivity contribution in [1.29, 1.82) is 0 Å². The summed E-state index contributed by atoms with van der Waals surface area (Å²) in [5.74, 6) is 3.42. The molecule has 0 aliphatic heterocycles. The van der Waals surface area contributed by atoms with E-state index in [9.17, 15) is 0 Å². The lowest BCUT2D eigenvalue weighted by Crippen LogP contribution is -2.14. The van der Waals surface area contributed by atoms with Crippen LogP contribution in [-0.2, 0) is 4.74 Å². The predicted octanol–water partition coefficient (Wildman–Crippen LogP) is 2.36. The molecule has 19 heavy (non-hydrogen) atoms. The fourth-order valence-electron chi connectivity index (χ4n) is 1.92. The molecule has 1 aliphatic carbocycles. The maximum Gasteiger partial charge on any atom is 0.134 e. The third kappa shape index (κ3) is 4.35. The topological polar surface area (TPSA) is 59.1 Å². The third-order valence-electron chi connectivity index (χ3n) is 3.19. The molecule has 0 radical (unpaired) electrons. The quantitative estimate of drug-likeness (QED) is 0.706. The average Bonchev–Trinajstić information content (AvgIpc) is 3.18. The zero-order valence-corrected chi connectivity index (χ0v) is 12.1. The van der Waals surface area contributed by atoms with Gasteiger partial charge in [-0.3, -0.25) is 0 Å². The number of aromatic nitrogens is 2. The van der Waals surface area contributed by atoms with E-state index in [2.05, 4.69) is 27.5 Å². The molecule has 0 unspecified atom stereocenters. The monoisotopic (exact) mass is 264 g/mol. The SMILES string of the molecule is CCNc1nc(C)nc(NCCOCC2CC2)c1C. The number of nitrogens with one attached hydrogen (secondary N) is 2. The van der Waals surface area contributed by atoms with Gasteiger partial charge in [0.1, 0.15) is 17.5 Å². The number of anilines is 2. The van der Waals surface area contributed by atoms with Gasteiger partial charge in [0.2, 0.25) is 0 Å². The highest BCUT2D eigenvalue weighted by Crippen LogP contribution is 2.28. The zero-order chi connectivity index (χ0) is 13.7. The van der Waals surface area contributed by atoms with Crippen molar-refractivity contribution in [3.05, 3.63) is 11.4 Å². The summed E-state index contributed by atoms with van der Waals surface area (Å²) in [5, 5.41) is 6.59. The van der Waals surface area contributed by atoms with E-state index >= 15 is 0 Å². The summed E-state index contributed by atoms with van der Waals surface area (Å²) in [6.07, 6.45) is 2.67. The Bertz CT molecular complexity index is 418. The lowest BCUT2D eigenvalue weighted by Gasteiger charge is -2.13. The number of hydrogen-bond donors (Lipinski definition) is 2. The number of aryl methyl sites for hydroxylation is 1. The van der Waals surface area contributed by atoms with Crippen molar-refractivity contribution in [2.75, 3.05) is 36.9 Å². The highest BCUT2D eigenvalue weighted by molar-refractivity contribution is 5.57. The molecule has 1 fully saturated rings. The standard InChI is InChI=1S/C14H24N4O/c1-4-15-13-10(2)14(18-11(3)17-13)16-7-8-19-9-12-5-6-12/h12H,4-9H2,1-3H3,(H2,15,16,17,18). The Morgan fingerprint density at radius 2 is 1.84 bits per heavy atom. The summed E-state index contributed by atoms with van der Waals surface area (Å²) in [4.78, 5) is 8.85. The molecule has 0 bridgehead atoms. The van der Waals surface area contributed by atoms with Crippen LogP contribution < -0.4 is 10.6 Å². The molecule has 2 N–H and O–H groups in total. The minimum absolute atomic E-state index is 0.732. The summed E-state index contributed by atoms with van der Waals surface area (Å²) in [6, 6.07) is 0. The Hall–Kier alpha value is -1.36. The lowest BCUT2D eigenvalue weighted by molar-refractivity contribution is 0.134. The second kappa shape index (κ2) is 6.70. The van der Waals surface area contributed by atoms with Crippen molar-refractivity contribution in [2.45, 2.75) is 33.6 Å². The van der Waals surface area contributed by atoms with Gasteiger partial charge in [0.05, 0.1) is 6.61 Å². The Morgan fingerprint density at radius 3 is 2.47 bits per heavy atom. The maximum atomic E-state index is 5.61. The predicted molar refractivity (Wildman–Crippen MR) is 77.7 cm³/mol. The molecule has 0 aromatic carbocycles. The fourth-order valence-corrected chi connectivity index (χ4v) is 1.92. The number of rotatable bonds is 8. The van der Waals surface area contributed by atoms with Gasteiger partial charge in [0, 0.05) is 25.3 Å². The summed E-state index contributed by atoms with van der Waals surface area (Å²) in [6.45, 7) is 9.30.